The van der Waals surface area contributed by atoms with Crippen LogP contribution < -0.4 is 4.90 Å². The fraction of sp³-hybridized carbons (Fsp3) is 0.294. The lowest BCUT2D eigenvalue weighted by Crippen LogP contribution is -2.52. The minimum absolute atomic E-state index is 0.137. The lowest BCUT2D eigenvalue weighted by molar-refractivity contribution is -0.389. The molecule has 0 spiro atoms. The maximum atomic E-state index is 14.4. The van der Waals surface area contributed by atoms with Gasteiger partial charge in [0.1, 0.15) is 0 Å². The molecule has 0 unspecified atom stereocenters. The quantitative estimate of drug-likeness (QED) is 0.616. The van der Waals surface area contributed by atoms with E-state index in [-0.39, 0.29) is 24.5 Å². The number of hydrogen-bond acceptors (Lipinski definition) is 5. The number of carbonyl (C=O) groups is 1. The van der Waals surface area contributed by atoms with Crippen molar-refractivity contribution < 1.29 is 18.5 Å². The van der Waals surface area contributed by atoms with E-state index in [2.05, 4.69) is 4.98 Å². The largest absolute Gasteiger partial charge is 0.365 e. The van der Waals surface area contributed by atoms with Gasteiger partial charge in [0.25, 0.3) is 5.91 Å². The first-order valence-electron chi connectivity index (χ1n) is 7.97. The van der Waals surface area contributed by atoms with Gasteiger partial charge in [0.15, 0.2) is 6.20 Å². The summed E-state index contributed by atoms with van der Waals surface area (Å²) < 4.78 is 28.8. The SMILES string of the molecule is O=C(N1CCN(c2ccc([N+](=O)[O-])nc2)CC1)C(F)(F)c1ccccc1. The van der Waals surface area contributed by atoms with Gasteiger partial charge in [-0.15, -0.1) is 0 Å². The Balaban J connectivity index is 1.64. The molecule has 0 N–H and O–H groups in total. The zero-order chi connectivity index (χ0) is 18.7. The van der Waals surface area contributed by atoms with Crippen molar-refractivity contribution in [1.29, 1.82) is 0 Å². The molecule has 9 heteroatoms. The molecule has 1 aromatic carbocycles. The highest BCUT2D eigenvalue weighted by molar-refractivity contribution is 5.85. The first-order valence-corrected chi connectivity index (χ1v) is 7.97. The maximum Gasteiger partial charge on any atom is 0.363 e. The summed E-state index contributed by atoms with van der Waals surface area (Å²) in [4.78, 5) is 29.0. The van der Waals surface area contributed by atoms with E-state index >= 15 is 0 Å². The Bertz CT molecular complexity index is 791. The van der Waals surface area contributed by atoms with Crippen molar-refractivity contribution in [1.82, 2.24) is 9.88 Å². The summed E-state index contributed by atoms with van der Waals surface area (Å²) in [5.74, 6) is -5.05. The number of rotatable bonds is 4. The van der Waals surface area contributed by atoms with E-state index in [0.717, 1.165) is 4.90 Å². The molecule has 1 saturated heterocycles. The molecule has 1 fully saturated rings. The number of benzene rings is 1. The number of nitro groups is 1. The summed E-state index contributed by atoms with van der Waals surface area (Å²) in [6, 6.07) is 9.86. The Labute approximate surface area is 148 Å². The number of carbonyl (C=O) groups excluding carboxylic acids is 1. The predicted molar refractivity (Wildman–Crippen MR) is 90.0 cm³/mol. The Morgan fingerprint density at radius 1 is 1.08 bits per heavy atom. The third kappa shape index (κ3) is 3.46. The molecule has 1 aromatic heterocycles. The molecule has 1 aliphatic rings. The van der Waals surface area contributed by atoms with E-state index in [1.165, 1.54) is 36.5 Å². The average Bonchev–Trinajstić information content (AvgIpc) is 2.68. The Morgan fingerprint density at radius 3 is 2.27 bits per heavy atom. The summed E-state index contributed by atoms with van der Waals surface area (Å²) in [6.45, 7) is 0.961. The van der Waals surface area contributed by atoms with Crippen LogP contribution in [0.3, 0.4) is 0 Å². The highest BCUT2D eigenvalue weighted by Crippen LogP contribution is 2.30. The van der Waals surface area contributed by atoms with E-state index in [9.17, 15) is 23.7 Å². The Kier molecular flexibility index (Phi) is 4.79. The van der Waals surface area contributed by atoms with Crippen molar-refractivity contribution in [3.8, 4) is 0 Å². The lowest BCUT2D eigenvalue weighted by atomic mass is 10.1. The first kappa shape index (κ1) is 17.7. The van der Waals surface area contributed by atoms with Gasteiger partial charge >= 0.3 is 11.7 Å². The van der Waals surface area contributed by atoms with Crippen LogP contribution in [0.15, 0.2) is 48.7 Å². The van der Waals surface area contributed by atoms with Gasteiger partial charge in [0.2, 0.25) is 0 Å². The molecule has 0 aliphatic carbocycles. The summed E-state index contributed by atoms with van der Waals surface area (Å²) in [7, 11) is 0. The number of anilines is 1. The van der Waals surface area contributed by atoms with E-state index in [0.29, 0.717) is 18.8 Å². The fourth-order valence-corrected chi connectivity index (χ4v) is 2.81. The smallest absolute Gasteiger partial charge is 0.363 e. The molecule has 2 aromatic rings. The van der Waals surface area contributed by atoms with Crippen molar-refractivity contribution in [3.63, 3.8) is 0 Å². The molecule has 7 nitrogen and oxygen atoms in total. The zero-order valence-electron chi connectivity index (χ0n) is 13.7. The van der Waals surface area contributed by atoms with Crippen LogP contribution in [0.25, 0.3) is 0 Å². The first-order chi connectivity index (χ1) is 12.4. The van der Waals surface area contributed by atoms with Gasteiger partial charge in [-0.25, -0.2) is 0 Å². The van der Waals surface area contributed by atoms with Crippen LogP contribution in [0.2, 0.25) is 0 Å². The number of piperazine rings is 1. The van der Waals surface area contributed by atoms with Gasteiger partial charge in [-0.05, 0) is 16.0 Å². The molecule has 1 amide bonds. The minimum atomic E-state index is -3.57. The van der Waals surface area contributed by atoms with E-state index in [1.54, 1.807) is 12.1 Å². The summed E-state index contributed by atoms with van der Waals surface area (Å²) >= 11 is 0. The molecule has 0 atom stereocenters. The van der Waals surface area contributed by atoms with Crippen LogP contribution >= 0.6 is 0 Å². The molecule has 3 rings (SSSR count). The van der Waals surface area contributed by atoms with E-state index in [1.807, 2.05) is 4.90 Å². The third-order valence-electron chi connectivity index (χ3n) is 4.26. The molecule has 1 aliphatic heterocycles. The second-order valence-corrected chi connectivity index (χ2v) is 5.85. The molecule has 136 valence electrons. The minimum Gasteiger partial charge on any atom is -0.365 e. The van der Waals surface area contributed by atoms with Gasteiger partial charge in [0, 0.05) is 37.8 Å². The topological polar surface area (TPSA) is 79.6 Å². The molecular weight excluding hydrogens is 346 g/mol. The van der Waals surface area contributed by atoms with Crippen molar-refractivity contribution in [3.05, 3.63) is 64.3 Å². The monoisotopic (exact) mass is 362 g/mol. The van der Waals surface area contributed by atoms with Crippen LogP contribution in [0.5, 0.6) is 0 Å². The Hall–Kier alpha value is -3.10. The van der Waals surface area contributed by atoms with E-state index in [4.69, 9.17) is 0 Å². The van der Waals surface area contributed by atoms with Crippen molar-refractivity contribution in [2.45, 2.75) is 5.92 Å². The number of amides is 1. The van der Waals surface area contributed by atoms with Crippen LogP contribution in [-0.2, 0) is 10.7 Å². The highest BCUT2D eigenvalue weighted by Gasteiger charge is 2.44. The molecule has 0 bridgehead atoms. The number of halogens is 2. The predicted octanol–water partition coefficient (Wildman–Crippen LogP) is 2.43. The average molecular weight is 362 g/mol. The van der Waals surface area contributed by atoms with Gasteiger partial charge in [0.05, 0.1) is 5.69 Å². The summed E-state index contributed by atoms with van der Waals surface area (Å²) in [5, 5.41) is 10.6. The standard InChI is InChI=1S/C17H16F2N4O3/c18-17(19,13-4-2-1-3-5-13)16(24)22-10-8-21(9-11-22)14-6-7-15(20-12-14)23(25)26/h1-7,12H,8-11H2. The number of aromatic nitrogens is 1. The maximum absolute atomic E-state index is 14.4. The number of alkyl halides is 2. The molecule has 0 saturated carbocycles. The van der Waals surface area contributed by atoms with Gasteiger partial charge < -0.3 is 19.9 Å². The number of pyridine rings is 1. The Morgan fingerprint density at radius 2 is 1.73 bits per heavy atom. The van der Waals surface area contributed by atoms with Crippen molar-refractivity contribution in [2.75, 3.05) is 31.1 Å². The lowest BCUT2D eigenvalue weighted by Gasteiger charge is -2.36. The van der Waals surface area contributed by atoms with Crippen molar-refractivity contribution >= 4 is 17.4 Å². The molecule has 26 heavy (non-hydrogen) atoms. The van der Waals surface area contributed by atoms with Gasteiger partial charge in [-0.3, -0.25) is 4.79 Å². The van der Waals surface area contributed by atoms with Crippen LogP contribution in [0.4, 0.5) is 20.3 Å². The molecule has 2 heterocycles. The van der Waals surface area contributed by atoms with E-state index < -0.39 is 16.8 Å². The number of nitrogens with zero attached hydrogens (tertiary/aromatic N) is 4. The van der Waals surface area contributed by atoms with Crippen LogP contribution in [-0.4, -0.2) is 46.9 Å². The van der Waals surface area contributed by atoms with Gasteiger partial charge in [-0.2, -0.15) is 8.78 Å². The second kappa shape index (κ2) is 7.03. The number of hydrogen-bond donors (Lipinski definition) is 0. The zero-order valence-corrected chi connectivity index (χ0v) is 13.7. The second-order valence-electron chi connectivity index (χ2n) is 5.85. The van der Waals surface area contributed by atoms with Crippen LogP contribution in [0.1, 0.15) is 5.56 Å². The summed E-state index contributed by atoms with van der Waals surface area (Å²) in [5.41, 5.74) is 0.324. The van der Waals surface area contributed by atoms with Gasteiger partial charge in [-0.1, -0.05) is 30.3 Å². The van der Waals surface area contributed by atoms with Crippen molar-refractivity contribution in [2.24, 2.45) is 0 Å². The van der Waals surface area contributed by atoms with Crippen LogP contribution in [0, 0.1) is 10.1 Å². The summed E-state index contributed by atoms with van der Waals surface area (Å²) in [6.07, 6.45) is 1.37. The molecular formula is C17H16F2N4O3. The third-order valence-corrected chi connectivity index (χ3v) is 4.26. The normalized spacial score (nSPS) is 15.0. The fourth-order valence-electron chi connectivity index (χ4n) is 2.81. The highest BCUT2D eigenvalue weighted by atomic mass is 19.3. The molecule has 0 radical (unpaired) electrons.